The number of benzene rings is 1. The monoisotopic (exact) mass is 378 g/mol. The van der Waals surface area contributed by atoms with Crippen LogP contribution in [-0.2, 0) is 20.7 Å². The zero-order chi connectivity index (χ0) is 17.7. The van der Waals surface area contributed by atoms with Crippen molar-refractivity contribution in [2.45, 2.75) is 56.5 Å². The molecule has 0 amide bonds. The summed E-state index contributed by atoms with van der Waals surface area (Å²) in [6.07, 6.45) is 5.79. The van der Waals surface area contributed by atoms with E-state index in [0.717, 1.165) is 37.7 Å². The van der Waals surface area contributed by atoms with Gasteiger partial charge in [0.25, 0.3) is 0 Å². The lowest BCUT2D eigenvalue weighted by Crippen LogP contribution is -2.62. The molecular formula is C20H27ClN2O3. The third-order valence-electron chi connectivity index (χ3n) is 6.33. The number of carbonyl (C=O) groups excluding carboxylic acids is 2. The van der Waals surface area contributed by atoms with Gasteiger partial charge in [-0.1, -0.05) is 30.3 Å². The van der Waals surface area contributed by atoms with Gasteiger partial charge in [-0.05, 0) is 62.3 Å². The van der Waals surface area contributed by atoms with Crippen LogP contribution in [0.4, 0.5) is 0 Å². The van der Waals surface area contributed by atoms with Crippen LogP contribution >= 0.6 is 12.4 Å². The van der Waals surface area contributed by atoms with E-state index >= 15 is 0 Å². The zero-order valence-corrected chi connectivity index (χ0v) is 15.7. The van der Waals surface area contributed by atoms with Gasteiger partial charge in [0.05, 0.1) is 5.41 Å². The van der Waals surface area contributed by atoms with E-state index in [0.29, 0.717) is 24.7 Å². The van der Waals surface area contributed by atoms with Crippen LogP contribution < -0.4 is 11.5 Å². The Morgan fingerprint density at radius 3 is 2.31 bits per heavy atom. The second-order valence-electron chi connectivity index (χ2n) is 8.61. The average molecular weight is 379 g/mol. The highest BCUT2D eigenvalue weighted by atomic mass is 35.5. The van der Waals surface area contributed by atoms with Crippen molar-refractivity contribution in [1.82, 2.24) is 0 Å². The lowest BCUT2D eigenvalue weighted by Gasteiger charge is -2.59. The molecule has 2 unspecified atom stereocenters. The number of halogens is 1. The van der Waals surface area contributed by atoms with Gasteiger partial charge in [-0.2, -0.15) is 0 Å². The molecule has 1 aromatic rings. The third-order valence-corrected chi connectivity index (χ3v) is 6.33. The summed E-state index contributed by atoms with van der Waals surface area (Å²) < 4.78 is 5.26. The quantitative estimate of drug-likeness (QED) is 0.619. The number of carbonyl (C=O) groups is 2. The molecule has 4 saturated carbocycles. The number of hydrogen-bond acceptors (Lipinski definition) is 5. The van der Waals surface area contributed by atoms with E-state index in [1.54, 1.807) is 0 Å². The summed E-state index contributed by atoms with van der Waals surface area (Å²) in [7, 11) is 0. The van der Waals surface area contributed by atoms with Gasteiger partial charge in [-0.25, -0.2) is 4.79 Å². The molecule has 0 spiro atoms. The Balaban J connectivity index is 0.00000196. The van der Waals surface area contributed by atoms with E-state index in [-0.39, 0.29) is 17.9 Å². The van der Waals surface area contributed by atoms with Crippen LogP contribution in [0.2, 0.25) is 0 Å². The highest BCUT2D eigenvalue weighted by Crippen LogP contribution is 2.61. The van der Waals surface area contributed by atoms with Crippen molar-refractivity contribution < 1.29 is 14.3 Å². The van der Waals surface area contributed by atoms with Gasteiger partial charge in [0.1, 0.15) is 6.04 Å². The molecule has 142 valence electrons. The Kier molecular flexibility index (Phi) is 5.17. The maximum Gasteiger partial charge on any atom is 0.330 e. The Morgan fingerprint density at radius 1 is 1.12 bits per heavy atom. The highest BCUT2D eigenvalue weighted by Gasteiger charge is 2.60. The van der Waals surface area contributed by atoms with Crippen molar-refractivity contribution in [1.29, 1.82) is 0 Å². The minimum atomic E-state index is -0.827. The molecule has 4 bridgehead atoms. The first-order chi connectivity index (χ1) is 11.9. The molecule has 4 fully saturated rings. The van der Waals surface area contributed by atoms with Crippen LogP contribution in [0.5, 0.6) is 0 Å². The molecule has 5 rings (SSSR count). The van der Waals surface area contributed by atoms with Gasteiger partial charge < -0.3 is 16.2 Å². The van der Waals surface area contributed by atoms with Crippen LogP contribution in [0.15, 0.2) is 30.3 Å². The van der Waals surface area contributed by atoms with Crippen molar-refractivity contribution in [3.63, 3.8) is 0 Å². The number of rotatable bonds is 4. The third kappa shape index (κ3) is 3.53. The summed E-state index contributed by atoms with van der Waals surface area (Å²) in [4.78, 5) is 25.2. The van der Waals surface area contributed by atoms with E-state index in [9.17, 15) is 9.59 Å². The average Bonchev–Trinajstić information content (AvgIpc) is 2.53. The molecule has 5 nitrogen and oxygen atoms in total. The number of hydrogen-bond donors (Lipinski definition) is 2. The van der Waals surface area contributed by atoms with Crippen LogP contribution in [0.1, 0.15) is 44.1 Å². The smallest absolute Gasteiger partial charge is 0.330 e. The lowest BCUT2D eigenvalue weighted by molar-refractivity contribution is -0.180. The normalized spacial score (nSPS) is 35.5. The zero-order valence-electron chi connectivity index (χ0n) is 14.9. The van der Waals surface area contributed by atoms with Gasteiger partial charge in [0.2, 0.25) is 0 Å². The molecule has 6 heteroatoms. The van der Waals surface area contributed by atoms with Gasteiger partial charge in [-0.15, -0.1) is 12.4 Å². The van der Waals surface area contributed by atoms with Crippen LogP contribution in [0, 0.1) is 17.3 Å². The molecule has 0 aliphatic heterocycles. The number of ether oxygens (including phenoxy) is 1. The number of nitrogens with two attached hydrogens (primary N) is 2. The fourth-order valence-electron chi connectivity index (χ4n) is 5.80. The molecule has 4 aliphatic rings. The summed E-state index contributed by atoms with van der Waals surface area (Å²) >= 11 is 0. The molecule has 0 radical (unpaired) electrons. The van der Waals surface area contributed by atoms with E-state index in [1.807, 2.05) is 30.3 Å². The maximum absolute atomic E-state index is 12.9. The van der Waals surface area contributed by atoms with Crippen LogP contribution in [0.25, 0.3) is 0 Å². The van der Waals surface area contributed by atoms with Gasteiger partial charge in [0.15, 0.2) is 0 Å². The largest absolute Gasteiger partial charge is 0.392 e. The van der Waals surface area contributed by atoms with E-state index < -0.39 is 23.4 Å². The fraction of sp³-hybridized carbons (Fsp3) is 0.600. The SMILES string of the molecule is Cl.N[C@@H](Cc1ccccc1)C(=O)OC(=O)C12CC3CC(CC(N)(C3)C1)C2. The van der Waals surface area contributed by atoms with Gasteiger partial charge in [-0.3, -0.25) is 4.79 Å². The predicted octanol–water partition coefficient (Wildman–Crippen LogP) is 2.35. The first-order valence-corrected chi connectivity index (χ1v) is 9.22. The Morgan fingerprint density at radius 2 is 1.73 bits per heavy atom. The standard InChI is InChI=1S/C20H26N2O3.ClH/c21-16(7-13-4-2-1-3-5-13)17(23)25-18(24)19-8-14-6-15(9-19)11-20(22,10-14)12-19;/h1-5,14-16H,6-12,21-22H2;1H/t14?,15?,16-,19?,20?;/m0./s1. The molecular weight excluding hydrogens is 352 g/mol. The Hall–Kier alpha value is -1.43. The first kappa shape index (κ1) is 19.3. The summed E-state index contributed by atoms with van der Waals surface area (Å²) in [6.45, 7) is 0. The summed E-state index contributed by atoms with van der Waals surface area (Å²) in [6, 6.07) is 8.70. The first-order valence-electron chi connectivity index (χ1n) is 9.22. The maximum atomic E-state index is 12.9. The van der Waals surface area contributed by atoms with E-state index in [2.05, 4.69) is 0 Å². The second kappa shape index (κ2) is 6.95. The van der Waals surface area contributed by atoms with Gasteiger partial charge >= 0.3 is 11.9 Å². The lowest BCUT2D eigenvalue weighted by atomic mass is 9.47. The topological polar surface area (TPSA) is 95.4 Å². The van der Waals surface area contributed by atoms with Crippen molar-refractivity contribution in [2.24, 2.45) is 28.7 Å². The minimum absolute atomic E-state index is 0. The molecule has 3 atom stereocenters. The van der Waals surface area contributed by atoms with Crippen molar-refractivity contribution in [3.8, 4) is 0 Å². The van der Waals surface area contributed by atoms with Crippen molar-refractivity contribution >= 4 is 24.3 Å². The van der Waals surface area contributed by atoms with E-state index in [4.69, 9.17) is 16.2 Å². The Bertz CT molecular complexity index is 680. The minimum Gasteiger partial charge on any atom is -0.392 e. The van der Waals surface area contributed by atoms with Crippen LogP contribution in [-0.4, -0.2) is 23.5 Å². The summed E-state index contributed by atoms with van der Waals surface area (Å²) in [5.74, 6) is -0.0422. The molecule has 0 aromatic heterocycles. The fourth-order valence-corrected chi connectivity index (χ4v) is 5.80. The molecule has 0 heterocycles. The predicted molar refractivity (Wildman–Crippen MR) is 101 cm³/mol. The molecule has 1 aromatic carbocycles. The van der Waals surface area contributed by atoms with Crippen molar-refractivity contribution in [2.75, 3.05) is 0 Å². The number of esters is 2. The molecule has 0 saturated heterocycles. The van der Waals surface area contributed by atoms with E-state index in [1.165, 1.54) is 0 Å². The molecule has 4 N–H and O–H groups in total. The van der Waals surface area contributed by atoms with Crippen molar-refractivity contribution in [3.05, 3.63) is 35.9 Å². The van der Waals surface area contributed by atoms with Gasteiger partial charge in [0, 0.05) is 5.54 Å². The summed E-state index contributed by atoms with van der Waals surface area (Å²) in [5, 5.41) is 0. The Labute approximate surface area is 160 Å². The molecule has 26 heavy (non-hydrogen) atoms. The summed E-state index contributed by atoms with van der Waals surface area (Å²) in [5.41, 5.74) is 12.6. The second-order valence-corrected chi connectivity index (χ2v) is 8.61. The van der Waals surface area contributed by atoms with Crippen LogP contribution in [0.3, 0.4) is 0 Å². The molecule has 4 aliphatic carbocycles. The highest BCUT2D eigenvalue weighted by molar-refractivity contribution is 5.91.